The Labute approximate surface area is 80.0 Å². The van der Waals surface area contributed by atoms with E-state index in [1.807, 2.05) is 0 Å². The summed E-state index contributed by atoms with van der Waals surface area (Å²) in [5, 5.41) is 0. The molecule has 0 aliphatic rings. The molecule has 0 aromatic rings. The van der Waals surface area contributed by atoms with Crippen LogP contribution in [0, 0.1) is 0 Å². The Balaban J connectivity index is 3.99. The topological polar surface area (TPSA) is 38.7 Å². The third-order valence-electron chi connectivity index (χ3n) is 1.41. The Hall–Kier alpha value is -0.910. The number of halogens is 3. The van der Waals surface area contributed by atoms with Crippen molar-refractivity contribution in [1.82, 2.24) is 0 Å². The number of alkyl halides is 3. The van der Waals surface area contributed by atoms with E-state index in [0.717, 1.165) is 0 Å². The SMILES string of the molecule is COCCN=C(C)CC(=O)C(F)(F)F. The number of rotatable bonds is 5. The van der Waals surface area contributed by atoms with Gasteiger partial charge >= 0.3 is 6.18 Å². The monoisotopic (exact) mass is 211 g/mol. The van der Waals surface area contributed by atoms with Gasteiger partial charge in [0.25, 0.3) is 0 Å². The third kappa shape index (κ3) is 5.69. The molecule has 14 heavy (non-hydrogen) atoms. The lowest BCUT2D eigenvalue weighted by Gasteiger charge is -2.04. The van der Waals surface area contributed by atoms with E-state index in [9.17, 15) is 18.0 Å². The number of carbonyl (C=O) groups excluding carboxylic acids is 1. The maximum Gasteiger partial charge on any atom is 0.450 e. The average molecular weight is 211 g/mol. The number of hydrogen-bond acceptors (Lipinski definition) is 3. The molecule has 0 amide bonds. The van der Waals surface area contributed by atoms with Gasteiger partial charge in [-0.3, -0.25) is 9.79 Å². The Bertz CT molecular complexity index is 223. The van der Waals surface area contributed by atoms with Gasteiger partial charge in [-0.1, -0.05) is 0 Å². The minimum atomic E-state index is -4.77. The molecule has 0 unspecified atom stereocenters. The predicted octanol–water partition coefficient (Wildman–Crippen LogP) is 1.62. The van der Waals surface area contributed by atoms with E-state index in [1.54, 1.807) is 0 Å². The Kier molecular flexibility index (Phi) is 5.37. The zero-order valence-corrected chi connectivity index (χ0v) is 8.02. The summed E-state index contributed by atoms with van der Waals surface area (Å²) in [5.74, 6) is -1.77. The zero-order chi connectivity index (χ0) is 11.2. The second-order valence-corrected chi connectivity index (χ2v) is 2.71. The van der Waals surface area contributed by atoms with Crippen molar-refractivity contribution in [3.05, 3.63) is 0 Å². The average Bonchev–Trinajstić information content (AvgIpc) is 2.03. The van der Waals surface area contributed by atoms with Gasteiger partial charge in [-0.25, -0.2) is 0 Å². The molecule has 0 bridgehead atoms. The summed E-state index contributed by atoms with van der Waals surface area (Å²) >= 11 is 0. The van der Waals surface area contributed by atoms with Crippen molar-refractivity contribution < 1.29 is 22.7 Å². The molecule has 0 rings (SSSR count). The van der Waals surface area contributed by atoms with E-state index < -0.39 is 18.4 Å². The smallest absolute Gasteiger partial charge is 0.383 e. The summed E-state index contributed by atoms with van der Waals surface area (Å²) in [6.07, 6.45) is -5.44. The van der Waals surface area contributed by atoms with E-state index in [2.05, 4.69) is 9.73 Å². The Morgan fingerprint density at radius 1 is 1.43 bits per heavy atom. The summed E-state index contributed by atoms with van der Waals surface area (Å²) in [7, 11) is 1.46. The van der Waals surface area contributed by atoms with Gasteiger partial charge in [0.15, 0.2) is 0 Å². The third-order valence-corrected chi connectivity index (χ3v) is 1.41. The molecule has 0 heterocycles. The second kappa shape index (κ2) is 5.74. The van der Waals surface area contributed by atoms with Crippen LogP contribution in [-0.2, 0) is 9.53 Å². The van der Waals surface area contributed by atoms with E-state index in [-0.39, 0.29) is 12.3 Å². The normalized spacial score (nSPS) is 13.1. The fraction of sp³-hybridized carbons (Fsp3) is 0.750. The Morgan fingerprint density at radius 2 is 2.00 bits per heavy atom. The van der Waals surface area contributed by atoms with Crippen molar-refractivity contribution in [2.75, 3.05) is 20.3 Å². The fourth-order valence-corrected chi connectivity index (χ4v) is 0.716. The van der Waals surface area contributed by atoms with Crippen molar-refractivity contribution in [2.24, 2.45) is 4.99 Å². The standard InChI is InChI=1S/C8H12F3NO2/c1-6(12-3-4-14-2)5-7(13)8(9,10)11/h3-5H2,1-2H3. The van der Waals surface area contributed by atoms with Crippen LogP contribution >= 0.6 is 0 Å². The summed E-state index contributed by atoms with van der Waals surface area (Å²) < 4.78 is 40.0. The number of methoxy groups -OCH3 is 1. The van der Waals surface area contributed by atoms with Crippen molar-refractivity contribution >= 4 is 11.5 Å². The molecule has 0 radical (unpaired) electrons. The molecule has 0 aliphatic heterocycles. The highest BCUT2D eigenvalue weighted by molar-refractivity contribution is 6.03. The van der Waals surface area contributed by atoms with Gasteiger partial charge in [0.2, 0.25) is 5.78 Å². The van der Waals surface area contributed by atoms with Crippen LogP contribution in [-0.4, -0.2) is 37.9 Å². The van der Waals surface area contributed by atoms with Crippen LogP contribution < -0.4 is 0 Å². The molecule has 82 valence electrons. The molecule has 0 N–H and O–H groups in total. The highest BCUT2D eigenvalue weighted by Gasteiger charge is 2.37. The van der Waals surface area contributed by atoms with Gasteiger partial charge in [-0.2, -0.15) is 13.2 Å². The van der Waals surface area contributed by atoms with Crippen LogP contribution in [0.15, 0.2) is 4.99 Å². The maximum absolute atomic E-state index is 11.8. The van der Waals surface area contributed by atoms with Gasteiger partial charge < -0.3 is 4.74 Å². The number of aliphatic imine (C=N–C) groups is 1. The quantitative estimate of drug-likeness (QED) is 0.512. The molecule has 0 saturated carbocycles. The van der Waals surface area contributed by atoms with E-state index in [1.165, 1.54) is 14.0 Å². The van der Waals surface area contributed by atoms with Crippen LogP contribution in [0.3, 0.4) is 0 Å². The number of Topliss-reactive ketones (excluding diaryl/α,β-unsaturated/α-hetero) is 1. The lowest BCUT2D eigenvalue weighted by Crippen LogP contribution is -2.24. The van der Waals surface area contributed by atoms with Gasteiger partial charge in [-0.15, -0.1) is 0 Å². The first-order chi connectivity index (χ1) is 6.38. The first-order valence-electron chi connectivity index (χ1n) is 3.96. The van der Waals surface area contributed by atoms with Gasteiger partial charge in [0.05, 0.1) is 19.6 Å². The molecular weight excluding hydrogens is 199 g/mol. The van der Waals surface area contributed by atoms with Crippen molar-refractivity contribution in [3.8, 4) is 0 Å². The number of carbonyl (C=O) groups is 1. The fourth-order valence-electron chi connectivity index (χ4n) is 0.716. The summed E-state index contributed by atoms with van der Waals surface area (Å²) in [4.78, 5) is 14.2. The summed E-state index contributed by atoms with van der Waals surface area (Å²) in [6, 6.07) is 0. The van der Waals surface area contributed by atoms with Gasteiger partial charge in [0.1, 0.15) is 0 Å². The van der Waals surface area contributed by atoms with Crippen molar-refractivity contribution in [1.29, 1.82) is 0 Å². The van der Waals surface area contributed by atoms with E-state index in [0.29, 0.717) is 6.61 Å². The molecule has 0 aliphatic carbocycles. The predicted molar refractivity (Wildman–Crippen MR) is 45.5 cm³/mol. The summed E-state index contributed by atoms with van der Waals surface area (Å²) in [5.41, 5.74) is 0.171. The first-order valence-corrected chi connectivity index (χ1v) is 3.96. The van der Waals surface area contributed by atoms with Crippen LogP contribution in [0.4, 0.5) is 13.2 Å². The van der Waals surface area contributed by atoms with Crippen LogP contribution in [0.25, 0.3) is 0 Å². The van der Waals surface area contributed by atoms with Crippen LogP contribution in [0.5, 0.6) is 0 Å². The molecule has 0 fully saturated rings. The highest BCUT2D eigenvalue weighted by Crippen LogP contribution is 2.17. The van der Waals surface area contributed by atoms with E-state index in [4.69, 9.17) is 0 Å². The van der Waals surface area contributed by atoms with Crippen LogP contribution in [0.1, 0.15) is 13.3 Å². The van der Waals surface area contributed by atoms with Gasteiger partial charge in [-0.05, 0) is 6.92 Å². The zero-order valence-electron chi connectivity index (χ0n) is 8.02. The molecule has 6 heteroatoms. The molecule has 0 aromatic heterocycles. The van der Waals surface area contributed by atoms with Crippen molar-refractivity contribution in [2.45, 2.75) is 19.5 Å². The lowest BCUT2D eigenvalue weighted by atomic mass is 10.2. The molecule has 3 nitrogen and oxygen atoms in total. The number of ketones is 1. The molecule has 0 atom stereocenters. The molecule has 0 saturated heterocycles. The first kappa shape index (κ1) is 13.1. The largest absolute Gasteiger partial charge is 0.450 e. The second-order valence-electron chi connectivity index (χ2n) is 2.71. The van der Waals surface area contributed by atoms with E-state index >= 15 is 0 Å². The maximum atomic E-state index is 11.8. The minimum absolute atomic E-state index is 0.171. The number of nitrogens with zero attached hydrogens (tertiary/aromatic N) is 1. The minimum Gasteiger partial charge on any atom is -0.383 e. The molecule has 0 spiro atoms. The number of ether oxygens (including phenoxy) is 1. The van der Waals surface area contributed by atoms with Crippen LogP contribution in [0.2, 0.25) is 0 Å². The van der Waals surface area contributed by atoms with Crippen molar-refractivity contribution in [3.63, 3.8) is 0 Å². The number of hydrogen-bond donors (Lipinski definition) is 0. The molecular formula is C8H12F3NO2. The Morgan fingerprint density at radius 3 is 2.43 bits per heavy atom. The van der Waals surface area contributed by atoms with Gasteiger partial charge in [0, 0.05) is 12.8 Å². The molecule has 0 aromatic carbocycles. The summed E-state index contributed by atoms with van der Waals surface area (Å²) in [6.45, 7) is 1.99. The lowest BCUT2D eigenvalue weighted by molar-refractivity contribution is -0.169. The highest BCUT2D eigenvalue weighted by atomic mass is 19.4.